The van der Waals surface area contributed by atoms with Gasteiger partial charge in [-0.25, -0.2) is 4.79 Å². The third kappa shape index (κ3) is 2.53. The van der Waals surface area contributed by atoms with Crippen molar-refractivity contribution >= 4 is 29.6 Å². The lowest BCUT2D eigenvalue weighted by molar-refractivity contribution is 0.102. The standard InChI is InChI=1S/C11H18N2O2S2/c14-11-13-2-1-12(5-9(13)6-15-11)10-7-16-3-4-17-8-10/h9-10H,1-8H2/t9-/m1/s1. The number of cyclic esters (lactones) is 1. The van der Waals surface area contributed by atoms with E-state index >= 15 is 0 Å². The summed E-state index contributed by atoms with van der Waals surface area (Å²) in [7, 11) is 0. The summed E-state index contributed by atoms with van der Waals surface area (Å²) in [6.45, 7) is 3.44. The van der Waals surface area contributed by atoms with Gasteiger partial charge in [0.2, 0.25) is 0 Å². The highest BCUT2D eigenvalue weighted by Crippen LogP contribution is 2.24. The molecule has 0 bridgehead atoms. The van der Waals surface area contributed by atoms with Gasteiger partial charge in [-0.05, 0) is 0 Å². The minimum absolute atomic E-state index is 0.112. The third-order valence-electron chi connectivity index (χ3n) is 3.66. The van der Waals surface area contributed by atoms with Crippen LogP contribution in [0.25, 0.3) is 0 Å². The number of carbonyl (C=O) groups excluding carboxylic acids is 1. The highest BCUT2D eigenvalue weighted by Gasteiger charge is 2.39. The van der Waals surface area contributed by atoms with E-state index in [0.717, 1.165) is 19.6 Å². The van der Waals surface area contributed by atoms with Gasteiger partial charge >= 0.3 is 6.09 Å². The first kappa shape index (κ1) is 12.0. The van der Waals surface area contributed by atoms with Gasteiger partial charge < -0.3 is 4.74 Å². The fraction of sp³-hybridized carbons (Fsp3) is 0.909. The number of thioether (sulfide) groups is 2. The molecule has 0 aromatic rings. The van der Waals surface area contributed by atoms with Gasteiger partial charge in [-0.3, -0.25) is 9.80 Å². The van der Waals surface area contributed by atoms with Crippen molar-refractivity contribution in [2.75, 3.05) is 49.3 Å². The molecule has 3 aliphatic heterocycles. The summed E-state index contributed by atoms with van der Waals surface area (Å²) < 4.78 is 5.11. The topological polar surface area (TPSA) is 32.8 Å². The Labute approximate surface area is 110 Å². The Balaban J connectivity index is 1.60. The molecule has 3 fully saturated rings. The van der Waals surface area contributed by atoms with Gasteiger partial charge in [-0.2, -0.15) is 23.5 Å². The Morgan fingerprint density at radius 3 is 2.65 bits per heavy atom. The lowest BCUT2D eigenvalue weighted by Crippen LogP contribution is -2.56. The number of hydrogen-bond donors (Lipinski definition) is 0. The van der Waals surface area contributed by atoms with Crippen LogP contribution in [0.3, 0.4) is 0 Å². The van der Waals surface area contributed by atoms with Crippen LogP contribution in [0, 0.1) is 0 Å². The molecule has 0 aliphatic carbocycles. The van der Waals surface area contributed by atoms with Crippen LogP contribution in [-0.4, -0.2) is 77.2 Å². The van der Waals surface area contributed by atoms with Crippen molar-refractivity contribution in [1.29, 1.82) is 0 Å². The Kier molecular flexibility index (Phi) is 3.72. The fourth-order valence-electron chi connectivity index (χ4n) is 2.66. The number of amides is 1. The average Bonchev–Trinajstić information content (AvgIpc) is 2.58. The molecule has 0 aromatic heterocycles. The van der Waals surface area contributed by atoms with Crippen molar-refractivity contribution in [2.24, 2.45) is 0 Å². The molecule has 17 heavy (non-hydrogen) atoms. The summed E-state index contributed by atoms with van der Waals surface area (Å²) >= 11 is 4.14. The van der Waals surface area contributed by atoms with Gasteiger partial charge in [0.05, 0.1) is 6.04 Å². The molecule has 6 heteroatoms. The maximum absolute atomic E-state index is 11.4. The summed E-state index contributed by atoms with van der Waals surface area (Å²) in [5.74, 6) is 5.06. The van der Waals surface area contributed by atoms with Gasteiger partial charge in [0, 0.05) is 48.7 Å². The second kappa shape index (κ2) is 5.28. The lowest BCUT2D eigenvalue weighted by atomic mass is 10.1. The van der Waals surface area contributed by atoms with Crippen LogP contribution in [0.4, 0.5) is 4.79 Å². The summed E-state index contributed by atoms with van der Waals surface area (Å²) in [4.78, 5) is 15.9. The molecular formula is C11H18N2O2S2. The molecule has 0 radical (unpaired) electrons. The molecule has 3 rings (SSSR count). The zero-order chi connectivity index (χ0) is 11.7. The maximum atomic E-state index is 11.4. The van der Waals surface area contributed by atoms with Crippen LogP contribution in [-0.2, 0) is 4.74 Å². The zero-order valence-electron chi connectivity index (χ0n) is 9.84. The van der Waals surface area contributed by atoms with Crippen LogP contribution in [0.5, 0.6) is 0 Å². The number of ether oxygens (including phenoxy) is 1. The van der Waals surface area contributed by atoms with E-state index in [9.17, 15) is 4.79 Å². The van der Waals surface area contributed by atoms with E-state index in [1.807, 2.05) is 4.90 Å². The van der Waals surface area contributed by atoms with Crippen LogP contribution in [0.15, 0.2) is 0 Å². The smallest absolute Gasteiger partial charge is 0.410 e. The van der Waals surface area contributed by atoms with E-state index in [1.165, 1.54) is 23.0 Å². The number of hydrogen-bond acceptors (Lipinski definition) is 5. The maximum Gasteiger partial charge on any atom is 0.410 e. The molecule has 1 amide bonds. The van der Waals surface area contributed by atoms with Crippen molar-refractivity contribution in [3.8, 4) is 0 Å². The summed E-state index contributed by atoms with van der Waals surface area (Å²) in [6.07, 6.45) is -0.112. The van der Waals surface area contributed by atoms with Gasteiger partial charge in [-0.1, -0.05) is 0 Å². The van der Waals surface area contributed by atoms with Crippen molar-refractivity contribution < 1.29 is 9.53 Å². The second-order valence-electron chi connectivity index (χ2n) is 4.72. The number of carbonyl (C=O) groups is 1. The molecule has 0 spiro atoms. The van der Waals surface area contributed by atoms with Gasteiger partial charge in [0.1, 0.15) is 6.61 Å². The van der Waals surface area contributed by atoms with Crippen LogP contribution >= 0.6 is 23.5 Å². The molecule has 4 nitrogen and oxygen atoms in total. The number of piperazine rings is 1. The average molecular weight is 274 g/mol. The van der Waals surface area contributed by atoms with E-state index in [-0.39, 0.29) is 6.09 Å². The number of nitrogens with zero attached hydrogens (tertiary/aromatic N) is 2. The number of rotatable bonds is 1. The molecule has 96 valence electrons. The first-order valence-corrected chi connectivity index (χ1v) is 8.48. The summed E-state index contributed by atoms with van der Waals surface area (Å²) in [6, 6.07) is 0.986. The quantitative estimate of drug-likeness (QED) is 0.711. The summed E-state index contributed by atoms with van der Waals surface area (Å²) in [5.41, 5.74) is 0. The molecule has 0 saturated carbocycles. The minimum atomic E-state index is -0.112. The Hall–Kier alpha value is -0.0700. The van der Waals surface area contributed by atoms with Crippen LogP contribution in [0.2, 0.25) is 0 Å². The van der Waals surface area contributed by atoms with Gasteiger partial charge in [0.25, 0.3) is 0 Å². The highest BCUT2D eigenvalue weighted by atomic mass is 32.2. The predicted octanol–water partition coefficient (Wildman–Crippen LogP) is 0.971. The molecule has 0 unspecified atom stereocenters. The SMILES string of the molecule is O=C1OC[C@H]2CN(C3CSCCSC3)CCN12. The first-order chi connectivity index (χ1) is 8.34. The van der Waals surface area contributed by atoms with E-state index in [0.29, 0.717) is 18.7 Å². The van der Waals surface area contributed by atoms with E-state index < -0.39 is 0 Å². The third-order valence-corrected chi connectivity index (χ3v) is 6.14. The molecule has 1 atom stereocenters. The lowest BCUT2D eigenvalue weighted by Gasteiger charge is -2.39. The molecule has 0 aromatic carbocycles. The van der Waals surface area contributed by atoms with Crippen LogP contribution in [0.1, 0.15) is 0 Å². The molecule has 0 N–H and O–H groups in total. The molecular weight excluding hydrogens is 256 g/mol. The van der Waals surface area contributed by atoms with E-state index in [2.05, 4.69) is 28.4 Å². The van der Waals surface area contributed by atoms with Gasteiger partial charge in [-0.15, -0.1) is 0 Å². The van der Waals surface area contributed by atoms with Crippen molar-refractivity contribution in [3.63, 3.8) is 0 Å². The Bertz CT molecular complexity index is 295. The van der Waals surface area contributed by atoms with Crippen molar-refractivity contribution in [2.45, 2.75) is 12.1 Å². The highest BCUT2D eigenvalue weighted by molar-refractivity contribution is 8.03. The van der Waals surface area contributed by atoms with Gasteiger partial charge in [0.15, 0.2) is 0 Å². The van der Waals surface area contributed by atoms with E-state index in [1.54, 1.807) is 0 Å². The zero-order valence-corrected chi connectivity index (χ0v) is 11.5. The fourth-order valence-corrected chi connectivity index (χ4v) is 5.29. The normalized spacial score (nSPS) is 32.1. The van der Waals surface area contributed by atoms with Crippen LogP contribution < -0.4 is 0 Å². The predicted molar refractivity (Wildman–Crippen MR) is 71.9 cm³/mol. The summed E-state index contributed by atoms with van der Waals surface area (Å²) in [5, 5.41) is 0. The largest absolute Gasteiger partial charge is 0.447 e. The molecule has 3 aliphatic rings. The monoisotopic (exact) mass is 274 g/mol. The number of fused-ring (bicyclic) bond motifs is 1. The second-order valence-corrected chi connectivity index (χ2v) is 7.02. The van der Waals surface area contributed by atoms with Crippen molar-refractivity contribution in [1.82, 2.24) is 9.80 Å². The molecule has 3 saturated heterocycles. The first-order valence-electron chi connectivity index (χ1n) is 6.17. The van der Waals surface area contributed by atoms with Crippen molar-refractivity contribution in [3.05, 3.63) is 0 Å². The van der Waals surface area contributed by atoms with E-state index in [4.69, 9.17) is 4.74 Å². The Morgan fingerprint density at radius 2 is 1.88 bits per heavy atom. The minimum Gasteiger partial charge on any atom is -0.447 e. The molecule has 3 heterocycles. The Morgan fingerprint density at radius 1 is 1.12 bits per heavy atom.